The Bertz CT molecular complexity index is 1030. The van der Waals surface area contributed by atoms with Gasteiger partial charge in [-0.2, -0.15) is 0 Å². The second kappa shape index (κ2) is 5.99. The topological polar surface area (TPSA) is 48.1 Å². The largest absolute Gasteiger partial charge is 0.482 e. The predicted molar refractivity (Wildman–Crippen MR) is 111 cm³/mol. The fourth-order valence-electron chi connectivity index (χ4n) is 3.31. The number of hydrogen-bond acceptors (Lipinski definition) is 4. The van der Waals surface area contributed by atoms with Crippen LogP contribution in [0.4, 0.5) is 5.13 Å². The Morgan fingerprint density at radius 2 is 1.77 bits per heavy atom. The van der Waals surface area contributed by atoms with Crippen LogP contribution in [0.3, 0.4) is 0 Å². The molecule has 1 aromatic heterocycles. The second-order valence-corrected chi connectivity index (χ2v) is 8.29. The minimum Gasteiger partial charge on any atom is -0.482 e. The van der Waals surface area contributed by atoms with E-state index >= 15 is 0 Å². The highest BCUT2D eigenvalue weighted by atomic mass is 32.1. The van der Waals surface area contributed by atoms with Crippen LogP contribution in [0.2, 0.25) is 0 Å². The molecule has 3 aromatic rings. The minimum absolute atomic E-state index is 0.347. The first-order valence-electron chi connectivity index (χ1n) is 8.70. The fourth-order valence-corrected chi connectivity index (χ4v) is 4.25. The maximum absolute atomic E-state index is 6.35. The highest BCUT2D eigenvalue weighted by Gasteiger charge is 2.27. The van der Waals surface area contributed by atoms with Crippen molar-refractivity contribution < 1.29 is 4.74 Å². The van der Waals surface area contributed by atoms with E-state index in [0.717, 1.165) is 33.0 Å². The Balaban J connectivity index is 1.97. The first-order chi connectivity index (χ1) is 12.4. The summed E-state index contributed by atoms with van der Waals surface area (Å²) < 4.78 is 6.35. The van der Waals surface area contributed by atoms with Crippen molar-refractivity contribution in [2.75, 3.05) is 5.73 Å². The number of anilines is 1. The maximum Gasteiger partial charge on any atom is 0.181 e. The van der Waals surface area contributed by atoms with Crippen LogP contribution in [-0.4, -0.2) is 10.6 Å². The smallest absolute Gasteiger partial charge is 0.181 e. The first kappa shape index (κ1) is 16.9. The number of aryl methyl sites for hydroxylation is 2. The lowest BCUT2D eigenvalue weighted by atomic mass is 9.94. The number of thiazole rings is 1. The maximum atomic E-state index is 6.35. The predicted octanol–water partition coefficient (Wildman–Crippen LogP) is 5.86. The Hall–Kier alpha value is -2.59. The molecule has 0 bridgehead atoms. The molecule has 0 saturated carbocycles. The Morgan fingerprint density at radius 3 is 2.54 bits per heavy atom. The van der Waals surface area contributed by atoms with Gasteiger partial charge in [-0.05, 0) is 56.5 Å². The number of rotatable bonds is 2. The SMILES string of the molecule is Cc1ccccc1-c1sc(N)nc1-c1ccc(C)c2c1OC(C)(C)C=C2. The minimum atomic E-state index is -0.347. The molecule has 2 aromatic carbocycles. The Kier molecular flexibility index (Phi) is 3.88. The van der Waals surface area contributed by atoms with Gasteiger partial charge < -0.3 is 10.5 Å². The molecule has 0 fully saturated rings. The summed E-state index contributed by atoms with van der Waals surface area (Å²) in [7, 11) is 0. The van der Waals surface area contributed by atoms with Gasteiger partial charge in [-0.25, -0.2) is 4.98 Å². The second-order valence-electron chi connectivity index (χ2n) is 7.26. The normalized spacial score (nSPS) is 14.8. The summed E-state index contributed by atoms with van der Waals surface area (Å²) in [6, 6.07) is 12.6. The lowest BCUT2D eigenvalue weighted by Crippen LogP contribution is -2.28. The molecule has 3 nitrogen and oxygen atoms in total. The number of aromatic nitrogens is 1. The van der Waals surface area contributed by atoms with Crippen molar-refractivity contribution in [3.63, 3.8) is 0 Å². The van der Waals surface area contributed by atoms with Crippen LogP contribution in [0.5, 0.6) is 5.75 Å². The summed E-state index contributed by atoms with van der Waals surface area (Å²) in [6.07, 6.45) is 4.25. The number of nitrogen functional groups attached to an aromatic ring is 1. The summed E-state index contributed by atoms with van der Waals surface area (Å²) in [5.74, 6) is 0.887. The van der Waals surface area contributed by atoms with Crippen molar-refractivity contribution in [1.82, 2.24) is 4.98 Å². The van der Waals surface area contributed by atoms with Gasteiger partial charge in [-0.3, -0.25) is 0 Å². The molecule has 132 valence electrons. The molecule has 0 aliphatic carbocycles. The van der Waals surface area contributed by atoms with E-state index in [4.69, 9.17) is 10.5 Å². The molecule has 2 heterocycles. The van der Waals surface area contributed by atoms with Crippen molar-refractivity contribution >= 4 is 22.5 Å². The molecule has 0 saturated heterocycles. The molecule has 26 heavy (non-hydrogen) atoms. The van der Waals surface area contributed by atoms with Crippen LogP contribution in [0.1, 0.15) is 30.5 Å². The number of nitrogens with two attached hydrogens (primary N) is 1. The number of ether oxygens (including phenoxy) is 1. The molecular formula is C22H22N2OS. The zero-order chi connectivity index (χ0) is 18.5. The summed E-state index contributed by atoms with van der Waals surface area (Å²) in [5.41, 5.74) is 12.3. The highest BCUT2D eigenvalue weighted by molar-refractivity contribution is 7.19. The summed E-state index contributed by atoms with van der Waals surface area (Å²) in [5, 5.41) is 0.568. The lowest BCUT2D eigenvalue weighted by molar-refractivity contribution is 0.160. The molecule has 4 rings (SSSR count). The molecule has 4 heteroatoms. The van der Waals surface area contributed by atoms with Crippen LogP contribution in [0.25, 0.3) is 27.8 Å². The molecule has 2 N–H and O–H groups in total. The zero-order valence-corrected chi connectivity index (χ0v) is 16.3. The van der Waals surface area contributed by atoms with Crippen LogP contribution < -0.4 is 10.5 Å². The van der Waals surface area contributed by atoms with E-state index in [0.29, 0.717) is 5.13 Å². The van der Waals surface area contributed by atoms with E-state index in [1.54, 1.807) is 0 Å². The van der Waals surface area contributed by atoms with E-state index in [9.17, 15) is 0 Å². The van der Waals surface area contributed by atoms with Crippen molar-refractivity contribution in [2.45, 2.75) is 33.3 Å². The number of nitrogens with zero attached hydrogens (tertiary/aromatic N) is 1. The molecule has 1 aliphatic heterocycles. The third-order valence-electron chi connectivity index (χ3n) is 4.72. The van der Waals surface area contributed by atoms with Crippen molar-refractivity contribution in [3.05, 3.63) is 59.2 Å². The zero-order valence-electron chi connectivity index (χ0n) is 15.5. The monoisotopic (exact) mass is 362 g/mol. The van der Waals surface area contributed by atoms with Gasteiger partial charge in [0.05, 0.1) is 10.6 Å². The van der Waals surface area contributed by atoms with Crippen molar-refractivity contribution in [3.8, 4) is 27.4 Å². The fraction of sp³-hybridized carbons (Fsp3) is 0.227. The van der Waals surface area contributed by atoms with Gasteiger partial charge in [0.2, 0.25) is 0 Å². The molecular weight excluding hydrogens is 340 g/mol. The van der Waals surface area contributed by atoms with E-state index < -0.39 is 0 Å². The van der Waals surface area contributed by atoms with Gasteiger partial charge in [0.15, 0.2) is 5.13 Å². The van der Waals surface area contributed by atoms with Gasteiger partial charge in [-0.1, -0.05) is 47.7 Å². The molecule has 0 unspecified atom stereocenters. The first-order valence-corrected chi connectivity index (χ1v) is 9.52. The standard InChI is InChI=1S/C22H22N2OS/c1-13-7-5-6-8-16(13)20-18(24-21(23)26-20)17-10-9-14(2)15-11-12-22(3,4)25-19(15)17/h5-12H,1-4H3,(H2,23,24). The van der Waals surface area contributed by atoms with Crippen LogP contribution in [-0.2, 0) is 0 Å². The molecule has 0 radical (unpaired) electrons. The van der Waals surface area contributed by atoms with Gasteiger partial charge in [0.1, 0.15) is 11.4 Å². The Morgan fingerprint density at radius 1 is 1.00 bits per heavy atom. The van der Waals surface area contributed by atoms with Gasteiger partial charge in [0, 0.05) is 11.1 Å². The molecule has 1 aliphatic rings. The average molecular weight is 362 g/mol. The van der Waals surface area contributed by atoms with Gasteiger partial charge in [0.25, 0.3) is 0 Å². The van der Waals surface area contributed by atoms with Crippen LogP contribution >= 0.6 is 11.3 Å². The summed E-state index contributed by atoms with van der Waals surface area (Å²) in [4.78, 5) is 5.76. The summed E-state index contributed by atoms with van der Waals surface area (Å²) >= 11 is 1.52. The van der Waals surface area contributed by atoms with E-state index in [1.165, 1.54) is 22.5 Å². The van der Waals surface area contributed by atoms with Crippen molar-refractivity contribution in [1.29, 1.82) is 0 Å². The number of hydrogen-bond donors (Lipinski definition) is 1. The average Bonchev–Trinajstić information content (AvgIpc) is 2.96. The third-order valence-corrected chi connectivity index (χ3v) is 5.64. The molecule has 0 atom stereocenters. The third kappa shape index (κ3) is 2.80. The van der Waals surface area contributed by atoms with Gasteiger partial charge in [-0.15, -0.1) is 0 Å². The van der Waals surface area contributed by atoms with E-state index in [-0.39, 0.29) is 5.60 Å². The summed E-state index contributed by atoms with van der Waals surface area (Å²) in [6.45, 7) is 8.35. The van der Waals surface area contributed by atoms with Gasteiger partial charge >= 0.3 is 0 Å². The van der Waals surface area contributed by atoms with E-state index in [2.05, 4.69) is 75.2 Å². The van der Waals surface area contributed by atoms with E-state index in [1.807, 2.05) is 6.07 Å². The van der Waals surface area contributed by atoms with Crippen LogP contribution in [0, 0.1) is 13.8 Å². The number of fused-ring (bicyclic) bond motifs is 1. The lowest BCUT2D eigenvalue weighted by Gasteiger charge is -2.30. The highest BCUT2D eigenvalue weighted by Crippen LogP contribution is 2.46. The molecule has 0 spiro atoms. The van der Waals surface area contributed by atoms with Crippen molar-refractivity contribution in [2.24, 2.45) is 0 Å². The van der Waals surface area contributed by atoms with Crippen LogP contribution in [0.15, 0.2) is 42.5 Å². The quantitative estimate of drug-likeness (QED) is 0.621. The number of benzene rings is 2. The Labute approximate surface area is 158 Å². The molecule has 0 amide bonds.